The van der Waals surface area contributed by atoms with Gasteiger partial charge in [0.25, 0.3) is 0 Å². The van der Waals surface area contributed by atoms with Crippen molar-refractivity contribution in [3.05, 3.63) is 122 Å². The van der Waals surface area contributed by atoms with Gasteiger partial charge in [0.15, 0.2) is 6.10 Å². The summed E-state index contributed by atoms with van der Waals surface area (Å²) in [7, 11) is 0. The van der Waals surface area contributed by atoms with E-state index in [1.807, 2.05) is 0 Å². The molecule has 384 valence electrons. The third-order valence-corrected chi connectivity index (χ3v) is 11.2. The van der Waals surface area contributed by atoms with Crippen LogP contribution < -0.4 is 0 Å². The Bertz CT molecular complexity index is 1450. The van der Waals surface area contributed by atoms with Crippen molar-refractivity contribution in [1.29, 1.82) is 0 Å². The molecule has 1 atom stereocenters. The molecule has 0 radical (unpaired) electrons. The summed E-state index contributed by atoms with van der Waals surface area (Å²) >= 11 is 0. The van der Waals surface area contributed by atoms with E-state index in [9.17, 15) is 14.4 Å². The van der Waals surface area contributed by atoms with E-state index in [1.54, 1.807) is 0 Å². The highest BCUT2D eigenvalue weighted by molar-refractivity contribution is 5.71. The highest BCUT2D eigenvalue weighted by Crippen LogP contribution is 2.12. The van der Waals surface area contributed by atoms with Crippen molar-refractivity contribution < 1.29 is 28.6 Å². The quantitative estimate of drug-likeness (QED) is 0.0262. The van der Waals surface area contributed by atoms with Crippen LogP contribution in [0.15, 0.2) is 122 Å². The van der Waals surface area contributed by atoms with Gasteiger partial charge < -0.3 is 14.2 Å². The van der Waals surface area contributed by atoms with Crippen molar-refractivity contribution in [2.75, 3.05) is 13.2 Å². The van der Waals surface area contributed by atoms with Crippen molar-refractivity contribution in [2.24, 2.45) is 0 Å². The minimum absolute atomic E-state index is 0.121. The predicted octanol–water partition coefficient (Wildman–Crippen LogP) is 18.5. The summed E-state index contributed by atoms with van der Waals surface area (Å²) in [5.41, 5.74) is 0. The molecular weight excluding hydrogens is 841 g/mol. The van der Waals surface area contributed by atoms with Crippen LogP contribution in [0.25, 0.3) is 0 Å². The summed E-state index contributed by atoms with van der Waals surface area (Å²) in [6.07, 6.45) is 76.2. The van der Waals surface area contributed by atoms with E-state index in [-0.39, 0.29) is 37.5 Å². The summed E-state index contributed by atoms with van der Waals surface area (Å²) < 4.78 is 16.7. The molecule has 0 N–H and O–H groups in total. The third kappa shape index (κ3) is 52.8. The lowest BCUT2D eigenvalue weighted by Crippen LogP contribution is -2.30. The molecule has 0 aromatic carbocycles. The molecular formula is C62H100O6. The lowest BCUT2D eigenvalue weighted by molar-refractivity contribution is -0.167. The molecule has 0 rings (SSSR count). The zero-order valence-electron chi connectivity index (χ0n) is 43.8. The lowest BCUT2D eigenvalue weighted by atomic mass is 10.1. The summed E-state index contributed by atoms with van der Waals surface area (Å²) in [5.74, 6) is -1.03. The number of esters is 3. The van der Waals surface area contributed by atoms with Gasteiger partial charge in [-0.15, -0.1) is 0 Å². The Balaban J connectivity index is 4.57. The molecule has 0 aliphatic rings. The molecule has 0 spiro atoms. The third-order valence-electron chi connectivity index (χ3n) is 11.2. The number of unbranched alkanes of at least 4 members (excludes halogenated alkanes) is 17. The van der Waals surface area contributed by atoms with Crippen LogP contribution in [-0.4, -0.2) is 37.2 Å². The van der Waals surface area contributed by atoms with Gasteiger partial charge in [-0.25, -0.2) is 0 Å². The number of allylic oxidation sites excluding steroid dienone is 20. The maximum atomic E-state index is 12.8. The molecule has 0 aromatic heterocycles. The monoisotopic (exact) mass is 941 g/mol. The van der Waals surface area contributed by atoms with Crippen LogP contribution in [0.2, 0.25) is 0 Å². The summed E-state index contributed by atoms with van der Waals surface area (Å²) in [6, 6.07) is 0. The number of hydrogen-bond donors (Lipinski definition) is 0. The zero-order chi connectivity index (χ0) is 49.3. The van der Waals surface area contributed by atoms with Crippen molar-refractivity contribution in [3.8, 4) is 0 Å². The van der Waals surface area contributed by atoms with Gasteiger partial charge in [-0.05, 0) is 128 Å². The summed E-state index contributed by atoms with van der Waals surface area (Å²) in [5, 5.41) is 0. The van der Waals surface area contributed by atoms with Gasteiger partial charge in [0.1, 0.15) is 13.2 Å². The first-order valence-electron chi connectivity index (χ1n) is 27.5. The Morgan fingerprint density at radius 2 is 0.588 bits per heavy atom. The topological polar surface area (TPSA) is 78.9 Å². The number of carbonyl (C=O) groups is 3. The van der Waals surface area contributed by atoms with E-state index in [0.717, 1.165) is 116 Å². The van der Waals surface area contributed by atoms with Crippen molar-refractivity contribution in [3.63, 3.8) is 0 Å². The molecule has 1 unspecified atom stereocenters. The van der Waals surface area contributed by atoms with Crippen molar-refractivity contribution in [2.45, 2.75) is 239 Å². The smallest absolute Gasteiger partial charge is 0.306 e. The Morgan fingerprint density at radius 1 is 0.309 bits per heavy atom. The second-order valence-corrected chi connectivity index (χ2v) is 17.7. The molecule has 0 saturated heterocycles. The Labute approximate surface area is 418 Å². The number of carbonyl (C=O) groups excluding carboxylic acids is 3. The first kappa shape index (κ1) is 63.8. The van der Waals surface area contributed by atoms with E-state index in [0.29, 0.717) is 19.3 Å². The fraction of sp³-hybridized carbons (Fsp3) is 0.629. The van der Waals surface area contributed by atoms with Gasteiger partial charge in [0, 0.05) is 19.3 Å². The van der Waals surface area contributed by atoms with Crippen LogP contribution in [0.1, 0.15) is 233 Å². The summed E-state index contributed by atoms with van der Waals surface area (Å²) in [6.45, 7) is 6.39. The second-order valence-electron chi connectivity index (χ2n) is 17.7. The molecule has 6 nitrogen and oxygen atoms in total. The van der Waals surface area contributed by atoms with E-state index >= 15 is 0 Å². The lowest BCUT2D eigenvalue weighted by Gasteiger charge is -2.18. The normalized spacial score (nSPS) is 13.0. The molecule has 0 aliphatic carbocycles. The van der Waals surface area contributed by atoms with Crippen LogP contribution >= 0.6 is 0 Å². The first-order chi connectivity index (χ1) is 33.5. The molecule has 0 heterocycles. The van der Waals surface area contributed by atoms with E-state index in [1.165, 1.54) is 70.6 Å². The second kappa shape index (κ2) is 55.4. The van der Waals surface area contributed by atoms with Gasteiger partial charge >= 0.3 is 17.9 Å². The zero-order valence-corrected chi connectivity index (χ0v) is 43.8. The Morgan fingerprint density at radius 3 is 0.985 bits per heavy atom. The van der Waals surface area contributed by atoms with Gasteiger partial charge in [-0.2, -0.15) is 0 Å². The van der Waals surface area contributed by atoms with Gasteiger partial charge in [-0.3, -0.25) is 14.4 Å². The molecule has 0 fully saturated rings. The minimum Gasteiger partial charge on any atom is -0.462 e. The van der Waals surface area contributed by atoms with Gasteiger partial charge in [-0.1, -0.05) is 206 Å². The fourth-order valence-electron chi connectivity index (χ4n) is 7.04. The van der Waals surface area contributed by atoms with Crippen LogP contribution in [0.5, 0.6) is 0 Å². The number of ether oxygens (including phenoxy) is 3. The highest BCUT2D eigenvalue weighted by Gasteiger charge is 2.19. The fourth-order valence-corrected chi connectivity index (χ4v) is 7.04. The first-order valence-corrected chi connectivity index (χ1v) is 27.5. The molecule has 0 saturated carbocycles. The molecule has 0 amide bonds. The SMILES string of the molecule is CC/C=C\C/C=C\C/C=C\C/C=C\C/C=C\CCCCCC(=O)OCC(COC(=O)CCCCC/C=C\CCCCCCCCC)OC(=O)CCC/C=C\C/C=C\C/C=C\C/C=C\CCCCC. The van der Waals surface area contributed by atoms with Crippen molar-refractivity contribution >= 4 is 17.9 Å². The summed E-state index contributed by atoms with van der Waals surface area (Å²) in [4.78, 5) is 38.1. The van der Waals surface area contributed by atoms with E-state index in [2.05, 4.69) is 142 Å². The largest absolute Gasteiger partial charge is 0.462 e. The Hall–Kier alpha value is -4.19. The predicted molar refractivity (Wildman–Crippen MR) is 293 cm³/mol. The number of rotatable bonds is 48. The van der Waals surface area contributed by atoms with Crippen LogP contribution in [0.4, 0.5) is 0 Å². The van der Waals surface area contributed by atoms with Crippen LogP contribution in [0, 0.1) is 0 Å². The Kier molecular flexibility index (Phi) is 52.0. The average Bonchev–Trinajstić information content (AvgIpc) is 3.34. The molecule has 6 heteroatoms. The number of hydrogen-bond acceptors (Lipinski definition) is 6. The van der Waals surface area contributed by atoms with E-state index < -0.39 is 6.10 Å². The van der Waals surface area contributed by atoms with Crippen LogP contribution in [0.3, 0.4) is 0 Å². The van der Waals surface area contributed by atoms with Gasteiger partial charge in [0.05, 0.1) is 0 Å². The van der Waals surface area contributed by atoms with Crippen molar-refractivity contribution in [1.82, 2.24) is 0 Å². The van der Waals surface area contributed by atoms with Gasteiger partial charge in [0.2, 0.25) is 0 Å². The molecule has 0 bridgehead atoms. The maximum absolute atomic E-state index is 12.8. The highest BCUT2D eigenvalue weighted by atomic mass is 16.6. The average molecular weight is 941 g/mol. The van der Waals surface area contributed by atoms with E-state index in [4.69, 9.17) is 14.2 Å². The molecule has 0 aromatic rings. The minimum atomic E-state index is -0.830. The van der Waals surface area contributed by atoms with Crippen LogP contribution in [-0.2, 0) is 28.6 Å². The standard InChI is InChI=1S/C62H100O6/c1-4-7-10-13-16-19-22-25-28-30-31-33-34-37-40-43-46-49-52-55-61(64)67-58-59(57-66-60(63)54-51-48-45-42-39-36-27-24-21-18-15-12-9-6-3)68-62(65)56-53-50-47-44-41-38-35-32-29-26-23-20-17-14-11-8-5-2/h7,10,16-17,19-20,25-26,28-29,31,33,35-40,44,47,59H,4-6,8-9,11-15,18,21-24,27,30,32,34,41-43,45-46,48-58H2,1-3H3/b10-7-,19-16-,20-17-,28-25-,29-26-,33-31-,38-35-,39-36-,40-37-,47-44-. The molecule has 0 aliphatic heterocycles. The maximum Gasteiger partial charge on any atom is 0.306 e. The molecule has 68 heavy (non-hydrogen) atoms.